The Kier molecular flexibility index (Phi) is 4.66. The lowest BCUT2D eigenvalue weighted by Gasteiger charge is -2.09. The molecule has 2 aromatic heterocycles. The van der Waals surface area contributed by atoms with E-state index in [2.05, 4.69) is 32.5 Å². The molecule has 0 atom stereocenters. The van der Waals surface area contributed by atoms with E-state index in [1.54, 1.807) is 6.20 Å². The molecule has 0 spiro atoms. The van der Waals surface area contributed by atoms with Gasteiger partial charge in [-0.25, -0.2) is 9.97 Å². The normalized spacial score (nSPS) is 10.2. The third-order valence-corrected chi connectivity index (χ3v) is 2.86. The first-order chi connectivity index (χ1) is 9.29. The number of anilines is 2. The van der Waals surface area contributed by atoms with Gasteiger partial charge >= 0.3 is 0 Å². The van der Waals surface area contributed by atoms with Crippen molar-refractivity contribution in [3.8, 4) is 0 Å². The number of nitrogens with one attached hydrogen (secondary N) is 2. The first-order valence-corrected chi connectivity index (χ1v) is 6.49. The Morgan fingerprint density at radius 3 is 2.47 bits per heavy atom. The topological polar surface area (TPSA) is 62.7 Å². The van der Waals surface area contributed by atoms with Crippen LogP contribution in [-0.4, -0.2) is 28.0 Å². The van der Waals surface area contributed by atoms with Crippen molar-refractivity contribution in [2.45, 2.75) is 20.3 Å². The molecule has 2 N–H and O–H groups in total. The quantitative estimate of drug-likeness (QED) is 0.777. The predicted molar refractivity (Wildman–Crippen MR) is 77.4 cm³/mol. The van der Waals surface area contributed by atoms with Crippen molar-refractivity contribution in [3.63, 3.8) is 0 Å². The molecule has 0 fully saturated rings. The van der Waals surface area contributed by atoms with Gasteiger partial charge in [0.1, 0.15) is 0 Å². The second-order valence-corrected chi connectivity index (χ2v) is 4.31. The van der Waals surface area contributed by atoms with Crippen LogP contribution in [0.15, 0.2) is 30.9 Å². The van der Waals surface area contributed by atoms with Gasteiger partial charge in [-0.15, -0.1) is 0 Å². The zero-order valence-electron chi connectivity index (χ0n) is 11.3. The van der Waals surface area contributed by atoms with Gasteiger partial charge in [0.05, 0.1) is 0 Å². The van der Waals surface area contributed by atoms with Crippen LogP contribution in [0, 0.1) is 6.92 Å². The first kappa shape index (κ1) is 13.3. The molecular weight excluding hydrogens is 238 g/mol. The van der Waals surface area contributed by atoms with Crippen molar-refractivity contribution in [2.24, 2.45) is 0 Å². The smallest absolute Gasteiger partial charge is 0.222 e. The summed E-state index contributed by atoms with van der Waals surface area (Å²) in [6.07, 6.45) is 8.31. The fraction of sp³-hybridized carbons (Fsp3) is 0.357. The minimum Gasteiger partial charge on any atom is -0.383 e. The molecule has 100 valence electrons. The summed E-state index contributed by atoms with van der Waals surface area (Å²) in [5.41, 5.74) is 3.40. The van der Waals surface area contributed by atoms with Crippen molar-refractivity contribution in [1.29, 1.82) is 0 Å². The Morgan fingerprint density at radius 2 is 1.79 bits per heavy atom. The van der Waals surface area contributed by atoms with Crippen LogP contribution in [0.1, 0.15) is 18.1 Å². The van der Waals surface area contributed by atoms with Crippen LogP contribution in [0.3, 0.4) is 0 Å². The number of hydrogen-bond donors (Lipinski definition) is 2. The van der Waals surface area contributed by atoms with Gasteiger partial charge in [0.2, 0.25) is 5.95 Å². The van der Waals surface area contributed by atoms with Gasteiger partial charge in [-0.3, -0.25) is 4.98 Å². The molecule has 0 amide bonds. The van der Waals surface area contributed by atoms with Crippen LogP contribution in [0.25, 0.3) is 0 Å². The minimum atomic E-state index is 0.672. The Morgan fingerprint density at radius 1 is 1.05 bits per heavy atom. The van der Waals surface area contributed by atoms with Crippen LogP contribution in [0.5, 0.6) is 0 Å². The largest absolute Gasteiger partial charge is 0.383 e. The SMILES string of the molecule is CCc1cnc(NCCNc2ccncc2C)nc1. The zero-order chi connectivity index (χ0) is 13.5. The third-order valence-electron chi connectivity index (χ3n) is 2.86. The van der Waals surface area contributed by atoms with E-state index in [9.17, 15) is 0 Å². The fourth-order valence-corrected chi connectivity index (χ4v) is 1.67. The van der Waals surface area contributed by atoms with Gasteiger partial charge in [0, 0.05) is 43.6 Å². The summed E-state index contributed by atoms with van der Waals surface area (Å²) in [6.45, 7) is 5.71. The van der Waals surface area contributed by atoms with E-state index >= 15 is 0 Å². The van der Waals surface area contributed by atoms with E-state index in [4.69, 9.17) is 0 Å². The molecule has 0 radical (unpaired) electrons. The molecule has 0 aliphatic rings. The fourth-order valence-electron chi connectivity index (χ4n) is 1.67. The highest BCUT2D eigenvalue weighted by molar-refractivity contribution is 5.48. The van der Waals surface area contributed by atoms with Gasteiger partial charge in [-0.2, -0.15) is 0 Å². The molecule has 5 nitrogen and oxygen atoms in total. The number of hydrogen-bond acceptors (Lipinski definition) is 5. The second-order valence-electron chi connectivity index (χ2n) is 4.31. The minimum absolute atomic E-state index is 0.672. The number of aromatic nitrogens is 3. The summed E-state index contributed by atoms with van der Waals surface area (Å²) >= 11 is 0. The van der Waals surface area contributed by atoms with Crippen LogP contribution in [-0.2, 0) is 6.42 Å². The third kappa shape index (κ3) is 3.91. The first-order valence-electron chi connectivity index (χ1n) is 6.49. The monoisotopic (exact) mass is 257 g/mol. The molecule has 0 aliphatic heterocycles. The van der Waals surface area contributed by atoms with Crippen molar-refractivity contribution in [1.82, 2.24) is 15.0 Å². The molecule has 0 unspecified atom stereocenters. The average molecular weight is 257 g/mol. The van der Waals surface area contributed by atoms with Gasteiger partial charge < -0.3 is 10.6 Å². The maximum atomic E-state index is 4.25. The molecule has 0 aromatic carbocycles. The van der Waals surface area contributed by atoms with E-state index in [0.717, 1.165) is 36.3 Å². The second kappa shape index (κ2) is 6.68. The molecule has 19 heavy (non-hydrogen) atoms. The Balaban J connectivity index is 1.76. The Labute approximate surface area is 113 Å². The van der Waals surface area contributed by atoms with E-state index in [1.807, 2.05) is 31.6 Å². The van der Waals surface area contributed by atoms with Crippen molar-refractivity contribution < 1.29 is 0 Å². The Bertz CT molecular complexity index is 509. The van der Waals surface area contributed by atoms with Gasteiger partial charge in [-0.1, -0.05) is 6.92 Å². The van der Waals surface area contributed by atoms with Crippen molar-refractivity contribution >= 4 is 11.6 Å². The number of rotatable bonds is 6. The maximum absolute atomic E-state index is 4.25. The van der Waals surface area contributed by atoms with Crippen molar-refractivity contribution in [3.05, 3.63) is 42.0 Å². The highest BCUT2D eigenvalue weighted by Crippen LogP contribution is 2.10. The molecule has 0 saturated heterocycles. The van der Waals surface area contributed by atoms with Crippen LogP contribution in [0.2, 0.25) is 0 Å². The molecule has 2 aromatic rings. The van der Waals surface area contributed by atoms with Crippen molar-refractivity contribution in [2.75, 3.05) is 23.7 Å². The summed E-state index contributed by atoms with van der Waals surface area (Å²) < 4.78 is 0. The lowest BCUT2D eigenvalue weighted by molar-refractivity contribution is 0.996. The zero-order valence-corrected chi connectivity index (χ0v) is 11.3. The van der Waals surface area contributed by atoms with E-state index in [1.165, 1.54) is 0 Å². The number of pyridine rings is 1. The van der Waals surface area contributed by atoms with Crippen LogP contribution in [0.4, 0.5) is 11.6 Å². The van der Waals surface area contributed by atoms with Gasteiger partial charge in [0.25, 0.3) is 0 Å². The highest BCUT2D eigenvalue weighted by atomic mass is 15.1. The van der Waals surface area contributed by atoms with Gasteiger partial charge in [0.15, 0.2) is 0 Å². The van der Waals surface area contributed by atoms with Crippen LogP contribution < -0.4 is 10.6 Å². The summed E-state index contributed by atoms with van der Waals surface area (Å²) in [6, 6.07) is 1.97. The average Bonchev–Trinajstić information content (AvgIpc) is 2.46. The summed E-state index contributed by atoms with van der Waals surface area (Å²) in [4.78, 5) is 12.6. The highest BCUT2D eigenvalue weighted by Gasteiger charge is 1.97. The lowest BCUT2D eigenvalue weighted by atomic mass is 10.2. The molecule has 5 heteroatoms. The Hall–Kier alpha value is -2.17. The molecule has 0 bridgehead atoms. The van der Waals surface area contributed by atoms with Gasteiger partial charge in [-0.05, 0) is 30.5 Å². The number of aryl methyl sites for hydroxylation is 2. The molecule has 0 saturated carbocycles. The molecule has 2 heterocycles. The predicted octanol–water partition coefficient (Wildman–Crippen LogP) is 2.27. The molecule has 0 aliphatic carbocycles. The van der Waals surface area contributed by atoms with E-state index < -0.39 is 0 Å². The summed E-state index contributed by atoms with van der Waals surface area (Å²) in [7, 11) is 0. The summed E-state index contributed by atoms with van der Waals surface area (Å²) in [5.74, 6) is 0.672. The van der Waals surface area contributed by atoms with E-state index in [0.29, 0.717) is 5.95 Å². The standard InChI is InChI=1S/C14H19N5/c1-3-12-9-18-14(19-10-12)17-7-6-16-13-4-5-15-8-11(13)2/h4-5,8-10H,3,6-7H2,1-2H3,(H,15,16)(H,17,18,19). The summed E-state index contributed by atoms with van der Waals surface area (Å²) in [5, 5.41) is 6.53. The van der Waals surface area contributed by atoms with Crippen LogP contribution >= 0.6 is 0 Å². The molecule has 2 rings (SSSR count). The molecular formula is C14H19N5. The number of nitrogens with zero attached hydrogens (tertiary/aromatic N) is 3. The lowest BCUT2D eigenvalue weighted by Crippen LogP contribution is -2.15. The maximum Gasteiger partial charge on any atom is 0.222 e. The van der Waals surface area contributed by atoms with E-state index in [-0.39, 0.29) is 0 Å².